The lowest BCUT2D eigenvalue weighted by molar-refractivity contribution is -0.118. The zero-order valence-electron chi connectivity index (χ0n) is 18.1. The molecule has 0 aliphatic carbocycles. The first-order valence-corrected chi connectivity index (χ1v) is 12.3. The number of nitrogens with zero attached hydrogens (tertiary/aromatic N) is 2. The average Bonchev–Trinajstić information content (AvgIpc) is 3.15. The summed E-state index contributed by atoms with van der Waals surface area (Å²) in [4.78, 5) is 14.6. The van der Waals surface area contributed by atoms with E-state index in [4.69, 9.17) is 11.6 Å². The predicted octanol–water partition coefficient (Wildman–Crippen LogP) is 5.38. The molecule has 1 aromatic heterocycles. The Morgan fingerprint density at radius 1 is 1.06 bits per heavy atom. The van der Waals surface area contributed by atoms with Gasteiger partial charge in [-0.05, 0) is 42.8 Å². The first-order chi connectivity index (χ1) is 15.7. The van der Waals surface area contributed by atoms with Crippen molar-refractivity contribution >= 4 is 43.9 Å². The number of para-hydroxylation sites is 1. The monoisotopic (exact) mass is 484 g/mol. The van der Waals surface area contributed by atoms with Crippen LogP contribution >= 0.6 is 11.6 Å². The number of benzene rings is 3. The van der Waals surface area contributed by atoms with Gasteiger partial charge in [-0.2, -0.15) is 0 Å². The summed E-state index contributed by atoms with van der Waals surface area (Å²) < 4.78 is 42.4. The van der Waals surface area contributed by atoms with Crippen LogP contribution in [0.1, 0.15) is 11.1 Å². The third-order valence-electron chi connectivity index (χ3n) is 5.55. The van der Waals surface area contributed by atoms with Gasteiger partial charge in [0, 0.05) is 40.4 Å². The third-order valence-corrected chi connectivity index (χ3v) is 7.57. The van der Waals surface area contributed by atoms with Gasteiger partial charge in [-0.1, -0.05) is 48.0 Å². The van der Waals surface area contributed by atoms with Crippen molar-refractivity contribution in [2.75, 3.05) is 11.9 Å². The van der Waals surface area contributed by atoms with E-state index in [2.05, 4.69) is 0 Å². The lowest BCUT2D eigenvalue weighted by Crippen LogP contribution is -2.29. The van der Waals surface area contributed by atoms with Crippen LogP contribution < -0.4 is 4.90 Å². The number of aromatic nitrogens is 1. The molecule has 4 rings (SSSR count). The normalized spacial score (nSPS) is 11.6. The van der Waals surface area contributed by atoms with Gasteiger partial charge in [0.25, 0.3) is 0 Å². The lowest BCUT2D eigenvalue weighted by Gasteiger charge is -2.18. The maximum absolute atomic E-state index is 14.3. The maximum Gasteiger partial charge on any atom is 0.246 e. The minimum absolute atomic E-state index is 0.0310. The Bertz CT molecular complexity index is 1440. The van der Waals surface area contributed by atoms with Gasteiger partial charge in [-0.3, -0.25) is 4.79 Å². The van der Waals surface area contributed by atoms with E-state index >= 15 is 0 Å². The molecule has 0 N–H and O–H groups in total. The second kappa shape index (κ2) is 9.00. The second-order valence-corrected chi connectivity index (χ2v) is 10.3. The van der Waals surface area contributed by atoms with Crippen LogP contribution in [0.4, 0.5) is 10.1 Å². The Hall–Kier alpha value is -3.16. The highest BCUT2D eigenvalue weighted by atomic mass is 35.5. The van der Waals surface area contributed by atoms with Gasteiger partial charge >= 0.3 is 0 Å². The molecule has 1 amide bonds. The van der Waals surface area contributed by atoms with E-state index in [0.29, 0.717) is 10.9 Å². The van der Waals surface area contributed by atoms with Crippen LogP contribution in [-0.2, 0) is 26.9 Å². The van der Waals surface area contributed by atoms with Crippen molar-refractivity contribution in [2.24, 2.45) is 0 Å². The number of likely N-dealkylation sites (N-methyl/N-ethyl adjacent to an activating group) is 1. The summed E-state index contributed by atoms with van der Waals surface area (Å²) in [6, 6.07) is 18.6. The number of sulfone groups is 1. The second-order valence-electron chi connectivity index (χ2n) is 7.89. The van der Waals surface area contributed by atoms with Gasteiger partial charge in [0.05, 0.1) is 10.6 Å². The molecule has 4 aromatic rings. The van der Waals surface area contributed by atoms with E-state index in [1.54, 1.807) is 35.9 Å². The van der Waals surface area contributed by atoms with Crippen molar-refractivity contribution in [3.8, 4) is 0 Å². The van der Waals surface area contributed by atoms with Crippen molar-refractivity contribution in [1.29, 1.82) is 0 Å². The topological polar surface area (TPSA) is 59.4 Å². The van der Waals surface area contributed by atoms with E-state index in [9.17, 15) is 17.6 Å². The Kier molecular flexibility index (Phi) is 6.28. The van der Waals surface area contributed by atoms with Crippen LogP contribution in [0.2, 0.25) is 5.02 Å². The lowest BCUT2D eigenvalue weighted by atomic mass is 10.2. The quantitative estimate of drug-likeness (QED) is 0.369. The smallest absolute Gasteiger partial charge is 0.246 e. The van der Waals surface area contributed by atoms with Crippen molar-refractivity contribution in [3.63, 3.8) is 0 Å². The number of aryl methyl sites for hydroxylation is 1. The Morgan fingerprint density at radius 2 is 1.79 bits per heavy atom. The largest absolute Gasteiger partial charge is 0.337 e. The molecule has 0 spiro atoms. The molecule has 0 aliphatic rings. The number of rotatable bonds is 6. The molecule has 0 saturated carbocycles. The number of fused-ring (bicyclic) bond motifs is 1. The predicted molar refractivity (Wildman–Crippen MR) is 129 cm³/mol. The summed E-state index contributed by atoms with van der Waals surface area (Å²) in [6.07, 6.45) is 1.44. The first-order valence-electron chi connectivity index (χ1n) is 10.2. The molecule has 170 valence electrons. The van der Waals surface area contributed by atoms with Crippen LogP contribution in [0.3, 0.4) is 0 Å². The molecule has 8 heteroatoms. The summed E-state index contributed by atoms with van der Waals surface area (Å²) >= 11 is 6.06. The summed E-state index contributed by atoms with van der Waals surface area (Å²) in [5.74, 6) is -1.46. The maximum atomic E-state index is 14.3. The summed E-state index contributed by atoms with van der Waals surface area (Å²) in [7, 11) is -2.27. The highest BCUT2D eigenvalue weighted by Crippen LogP contribution is 2.30. The van der Waals surface area contributed by atoms with Gasteiger partial charge in [-0.25, -0.2) is 12.8 Å². The molecule has 3 aromatic carbocycles. The van der Waals surface area contributed by atoms with Gasteiger partial charge < -0.3 is 9.47 Å². The number of carbonyl (C=O) groups is 1. The van der Waals surface area contributed by atoms with E-state index < -0.39 is 21.4 Å². The zero-order valence-corrected chi connectivity index (χ0v) is 19.7. The fourth-order valence-electron chi connectivity index (χ4n) is 3.76. The molecule has 0 atom stereocenters. The molecule has 1 heterocycles. The van der Waals surface area contributed by atoms with Gasteiger partial charge in [0.1, 0.15) is 12.4 Å². The molecule has 0 unspecified atom stereocenters. The molecule has 0 radical (unpaired) electrons. The van der Waals surface area contributed by atoms with Crippen molar-refractivity contribution in [1.82, 2.24) is 4.57 Å². The highest BCUT2D eigenvalue weighted by Gasteiger charge is 2.25. The third kappa shape index (κ3) is 4.65. The van der Waals surface area contributed by atoms with Crippen LogP contribution in [-0.4, -0.2) is 25.9 Å². The minimum Gasteiger partial charge on any atom is -0.337 e. The number of anilines is 1. The van der Waals surface area contributed by atoms with Crippen LogP contribution in [0, 0.1) is 12.7 Å². The van der Waals surface area contributed by atoms with E-state index in [-0.39, 0.29) is 27.9 Å². The molecule has 33 heavy (non-hydrogen) atoms. The standard InChI is InChI=1S/C25H22ClFN2O3S/c1-17-7-5-8-18(13-17)28(2)25(30)15-29-14-24(19-9-3-4-12-23(19)29)33(31,32)16-20-21(26)10-6-11-22(20)27/h3-14H,15-16H2,1-2H3. The number of amides is 1. The summed E-state index contributed by atoms with van der Waals surface area (Å²) in [5, 5.41) is 0.522. The minimum atomic E-state index is -3.95. The molecule has 0 bridgehead atoms. The Balaban J connectivity index is 1.70. The first kappa shape index (κ1) is 23.0. The molecular formula is C25H22ClFN2O3S. The van der Waals surface area contributed by atoms with Crippen molar-refractivity contribution in [2.45, 2.75) is 24.1 Å². The molecule has 5 nitrogen and oxygen atoms in total. The molecule has 0 aliphatic heterocycles. The summed E-state index contributed by atoms with van der Waals surface area (Å²) in [6.45, 7) is 1.89. The van der Waals surface area contributed by atoms with Crippen molar-refractivity contribution in [3.05, 3.63) is 94.9 Å². The van der Waals surface area contributed by atoms with E-state index in [0.717, 1.165) is 11.3 Å². The van der Waals surface area contributed by atoms with Crippen molar-refractivity contribution < 1.29 is 17.6 Å². The highest BCUT2D eigenvalue weighted by molar-refractivity contribution is 7.90. The van der Waals surface area contributed by atoms with Gasteiger partial charge in [-0.15, -0.1) is 0 Å². The number of hydrogen-bond acceptors (Lipinski definition) is 3. The van der Waals surface area contributed by atoms with Crippen LogP contribution in [0.15, 0.2) is 77.8 Å². The Labute approximate surface area is 196 Å². The molecule has 0 fully saturated rings. The number of carbonyl (C=O) groups excluding carboxylic acids is 1. The molecular weight excluding hydrogens is 463 g/mol. The van der Waals surface area contributed by atoms with E-state index in [1.165, 1.54) is 29.3 Å². The SMILES string of the molecule is Cc1cccc(N(C)C(=O)Cn2cc(S(=O)(=O)Cc3c(F)cccc3Cl)c3ccccc32)c1. The van der Waals surface area contributed by atoms with E-state index in [1.807, 2.05) is 31.2 Å². The number of halogens is 2. The van der Waals surface area contributed by atoms with Crippen LogP contribution in [0.25, 0.3) is 10.9 Å². The van der Waals surface area contributed by atoms with Crippen LogP contribution in [0.5, 0.6) is 0 Å². The average molecular weight is 485 g/mol. The summed E-state index contributed by atoms with van der Waals surface area (Å²) in [5.41, 5.74) is 2.30. The van der Waals surface area contributed by atoms with Gasteiger partial charge in [0.15, 0.2) is 9.84 Å². The molecule has 0 saturated heterocycles. The fraction of sp³-hybridized carbons (Fsp3) is 0.160. The van der Waals surface area contributed by atoms with Gasteiger partial charge in [0.2, 0.25) is 5.91 Å². The Morgan fingerprint density at radius 3 is 2.52 bits per heavy atom. The number of hydrogen-bond donors (Lipinski definition) is 0. The zero-order chi connectivity index (χ0) is 23.8. The fourth-order valence-corrected chi connectivity index (χ4v) is 5.70.